The molecule has 0 amide bonds. The summed E-state index contributed by atoms with van der Waals surface area (Å²) in [6.07, 6.45) is 2.30. The summed E-state index contributed by atoms with van der Waals surface area (Å²) < 4.78 is 1.81. The van der Waals surface area contributed by atoms with Gasteiger partial charge in [0.1, 0.15) is 12.2 Å². The van der Waals surface area contributed by atoms with Crippen molar-refractivity contribution in [3.8, 4) is 0 Å². The number of nitrogens with zero attached hydrogens (tertiary/aromatic N) is 3. The van der Waals surface area contributed by atoms with Gasteiger partial charge in [-0.05, 0) is 0 Å². The van der Waals surface area contributed by atoms with Gasteiger partial charge in [0.2, 0.25) is 0 Å². The zero-order valence-electron chi connectivity index (χ0n) is 7.40. The second kappa shape index (κ2) is 4.56. The lowest BCUT2D eigenvalue weighted by Crippen LogP contribution is -2.25. The van der Waals surface area contributed by atoms with E-state index in [1.165, 1.54) is 0 Å². The van der Waals surface area contributed by atoms with Gasteiger partial charge in [-0.25, -0.2) is 0 Å². The third-order valence-corrected chi connectivity index (χ3v) is 1.61. The Hall–Kier alpha value is -1.43. The maximum Gasteiger partial charge on any atom is 0.317 e. The zero-order chi connectivity index (χ0) is 9.68. The van der Waals surface area contributed by atoms with Crippen LogP contribution in [-0.4, -0.2) is 38.9 Å². The number of aryl methyl sites for hydroxylation is 1. The molecular formula is C7H12N4O2. The molecule has 0 bridgehead atoms. The maximum atomic E-state index is 10.1. The highest BCUT2D eigenvalue weighted by Gasteiger charge is 2.00. The van der Waals surface area contributed by atoms with Crippen LogP contribution in [0.4, 0.5) is 0 Å². The van der Waals surface area contributed by atoms with Crippen LogP contribution in [0.2, 0.25) is 0 Å². The highest BCUT2D eigenvalue weighted by atomic mass is 16.4. The maximum absolute atomic E-state index is 10.1. The van der Waals surface area contributed by atoms with Gasteiger partial charge in [-0.1, -0.05) is 0 Å². The lowest BCUT2D eigenvalue weighted by Gasteiger charge is -2.00. The van der Waals surface area contributed by atoms with Gasteiger partial charge in [0.25, 0.3) is 0 Å². The minimum Gasteiger partial charge on any atom is -0.480 e. The predicted molar refractivity (Wildman–Crippen MR) is 45.2 cm³/mol. The number of rotatable bonds is 5. The molecule has 0 fully saturated rings. The summed E-state index contributed by atoms with van der Waals surface area (Å²) in [7, 11) is 1.85. The molecule has 0 saturated heterocycles. The Morgan fingerprint density at radius 1 is 1.77 bits per heavy atom. The molecule has 0 aliphatic carbocycles. The quantitative estimate of drug-likeness (QED) is 0.576. The van der Waals surface area contributed by atoms with E-state index in [0.29, 0.717) is 13.0 Å². The number of aliphatic carboxylic acids is 1. The molecule has 0 aliphatic rings. The van der Waals surface area contributed by atoms with Crippen LogP contribution in [0.3, 0.4) is 0 Å². The summed E-state index contributed by atoms with van der Waals surface area (Å²) in [5, 5.41) is 18.7. The number of carbonyl (C=O) groups is 1. The van der Waals surface area contributed by atoms with Gasteiger partial charge >= 0.3 is 5.97 Å². The van der Waals surface area contributed by atoms with Crippen molar-refractivity contribution in [2.24, 2.45) is 7.05 Å². The molecule has 0 aromatic carbocycles. The van der Waals surface area contributed by atoms with Crippen molar-refractivity contribution < 1.29 is 9.90 Å². The molecule has 13 heavy (non-hydrogen) atoms. The van der Waals surface area contributed by atoms with E-state index in [1.807, 2.05) is 11.6 Å². The van der Waals surface area contributed by atoms with Crippen molar-refractivity contribution in [2.75, 3.05) is 13.1 Å². The van der Waals surface area contributed by atoms with Crippen LogP contribution >= 0.6 is 0 Å². The van der Waals surface area contributed by atoms with E-state index in [9.17, 15) is 4.79 Å². The van der Waals surface area contributed by atoms with Crippen molar-refractivity contribution in [1.82, 2.24) is 20.1 Å². The summed E-state index contributed by atoms with van der Waals surface area (Å²) in [6.45, 7) is 0.580. The first-order valence-electron chi connectivity index (χ1n) is 3.95. The first-order valence-corrected chi connectivity index (χ1v) is 3.95. The van der Waals surface area contributed by atoms with Crippen LogP contribution in [0.5, 0.6) is 0 Å². The lowest BCUT2D eigenvalue weighted by molar-refractivity contribution is -0.135. The fourth-order valence-corrected chi connectivity index (χ4v) is 0.929. The molecular weight excluding hydrogens is 172 g/mol. The monoisotopic (exact) mass is 184 g/mol. The normalized spacial score (nSPS) is 10.2. The fraction of sp³-hybridized carbons (Fsp3) is 0.571. The van der Waals surface area contributed by atoms with Crippen LogP contribution in [0.1, 0.15) is 5.82 Å². The van der Waals surface area contributed by atoms with E-state index in [1.54, 1.807) is 6.33 Å². The highest BCUT2D eigenvalue weighted by Crippen LogP contribution is 1.90. The van der Waals surface area contributed by atoms with Crippen molar-refractivity contribution in [3.63, 3.8) is 0 Å². The third kappa shape index (κ3) is 3.20. The smallest absolute Gasteiger partial charge is 0.317 e. The minimum absolute atomic E-state index is 0.0160. The first kappa shape index (κ1) is 9.66. The topological polar surface area (TPSA) is 80.0 Å². The molecule has 6 heteroatoms. The van der Waals surface area contributed by atoms with E-state index in [2.05, 4.69) is 15.5 Å². The summed E-state index contributed by atoms with van der Waals surface area (Å²) in [6, 6.07) is 0. The zero-order valence-corrected chi connectivity index (χ0v) is 7.40. The third-order valence-electron chi connectivity index (χ3n) is 1.61. The Balaban J connectivity index is 2.20. The number of hydrogen-bond acceptors (Lipinski definition) is 4. The van der Waals surface area contributed by atoms with E-state index in [4.69, 9.17) is 5.11 Å². The Labute approximate surface area is 75.6 Å². The van der Waals surface area contributed by atoms with Gasteiger partial charge in [0.05, 0.1) is 6.54 Å². The van der Waals surface area contributed by atoms with E-state index >= 15 is 0 Å². The van der Waals surface area contributed by atoms with Gasteiger partial charge in [-0.3, -0.25) is 4.79 Å². The van der Waals surface area contributed by atoms with Crippen molar-refractivity contribution in [1.29, 1.82) is 0 Å². The van der Waals surface area contributed by atoms with E-state index in [0.717, 1.165) is 5.82 Å². The molecule has 6 nitrogen and oxygen atoms in total. The van der Waals surface area contributed by atoms with Gasteiger partial charge in [0, 0.05) is 20.0 Å². The van der Waals surface area contributed by atoms with Gasteiger partial charge < -0.3 is 15.0 Å². The van der Waals surface area contributed by atoms with Gasteiger partial charge in [0.15, 0.2) is 0 Å². The van der Waals surface area contributed by atoms with E-state index in [-0.39, 0.29) is 6.54 Å². The Morgan fingerprint density at radius 3 is 3.08 bits per heavy atom. The second-order valence-electron chi connectivity index (χ2n) is 2.68. The van der Waals surface area contributed by atoms with Crippen molar-refractivity contribution >= 4 is 5.97 Å². The molecule has 0 unspecified atom stereocenters. The fourth-order valence-electron chi connectivity index (χ4n) is 0.929. The van der Waals surface area contributed by atoms with Crippen LogP contribution in [0.25, 0.3) is 0 Å². The summed E-state index contributed by atoms with van der Waals surface area (Å²) in [4.78, 5) is 10.1. The Kier molecular flexibility index (Phi) is 3.39. The molecule has 0 atom stereocenters. The Bertz CT molecular complexity index is 284. The molecule has 1 aromatic heterocycles. The molecule has 1 heterocycles. The molecule has 0 aliphatic heterocycles. The minimum atomic E-state index is -0.849. The van der Waals surface area contributed by atoms with Crippen LogP contribution in [-0.2, 0) is 18.3 Å². The molecule has 72 valence electrons. The number of nitrogens with one attached hydrogen (secondary N) is 1. The summed E-state index contributed by atoms with van der Waals surface area (Å²) >= 11 is 0. The Morgan fingerprint density at radius 2 is 2.54 bits per heavy atom. The SMILES string of the molecule is Cn1cnnc1CCNCC(=O)O. The van der Waals surface area contributed by atoms with Crippen LogP contribution < -0.4 is 5.32 Å². The lowest BCUT2D eigenvalue weighted by atomic mass is 10.4. The molecule has 0 saturated carbocycles. The number of hydrogen-bond donors (Lipinski definition) is 2. The first-order chi connectivity index (χ1) is 6.20. The summed E-state index contributed by atoms with van der Waals surface area (Å²) in [5.41, 5.74) is 0. The van der Waals surface area contributed by atoms with E-state index < -0.39 is 5.97 Å². The van der Waals surface area contributed by atoms with Crippen LogP contribution in [0, 0.1) is 0 Å². The molecule has 0 radical (unpaired) electrons. The standard InChI is InChI=1S/C7H12N4O2/c1-11-5-9-10-6(11)2-3-8-4-7(12)13/h5,8H,2-4H2,1H3,(H,12,13). The van der Waals surface area contributed by atoms with Gasteiger partial charge in [-0.15, -0.1) is 10.2 Å². The predicted octanol–water partition coefficient (Wildman–Crippen LogP) is -0.968. The summed E-state index contributed by atoms with van der Waals surface area (Å²) in [5.74, 6) is -0.00384. The van der Waals surface area contributed by atoms with Crippen molar-refractivity contribution in [2.45, 2.75) is 6.42 Å². The average Bonchev–Trinajstić information content (AvgIpc) is 2.45. The number of aromatic nitrogens is 3. The van der Waals surface area contributed by atoms with Crippen molar-refractivity contribution in [3.05, 3.63) is 12.2 Å². The largest absolute Gasteiger partial charge is 0.480 e. The molecule has 1 aromatic rings. The van der Waals surface area contributed by atoms with Crippen LogP contribution in [0.15, 0.2) is 6.33 Å². The van der Waals surface area contributed by atoms with Gasteiger partial charge in [-0.2, -0.15) is 0 Å². The molecule has 0 spiro atoms. The molecule has 1 rings (SSSR count). The number of carboxylic acid groups (broad SMARTS) is 1. The molecule has 2 N–H and O–H groups in total. The average molecular weight is 184 g/mol. The highest BCUT2D eigenvalue weighted by molar-refractivity contribution is 5.68. The number of carboxylic acids is 1. The second-order valence-corrected chi connectivity index (χ2v) is 2.68.